The van der Waals surface area contributed by atoms with Gasteiger partial charge in [-0.15, -0.1) is 0 Å². The highest BCUT2D eigenvalue weighted by molar-refractivity contribution is 7.89. The molecule has 3 N–H and O–H groups in total. The first-order valence-electron chi connectivity index (χ1n) is 5.62. The molecule has 0 aliphatic carbocycles. The molecule has 0 fully saturated rings. The number of nitrogens with one attached hydrogen (secondary N) is 3. The molecule has 0 amide bonds. The first kappa shape index (κ1) is 13.7. The molecule has 0 aliphatic heterocycles. The second-order valence-corrected chi connectivity index (χ2v) is 5.66. The van der Waals surface area contributed by atoms with Crippen molar-refractivity contribution in [1.82, 2.24) is 25.4 Å². The van der Waals surface area contributed by atoms with Gasteiger partial charge in [0, 0.05) is 12.6 Å². The summed E-state index contributed by atoms with van der Waals surface area (Å²) in [5.41, 5.74) is 0.945. The molecular formula is C10H15N5O3S. The number of aromatic amines is 1. The lowest BCUT2D eigenvalue weighted by Gasteiger charge is -2.06. The van der Waals surface area contributed by atoms with E-state index in [1.54, 1.807) is 20.0 Å². The standard InChI is InChI=1S/C10H15N5O3S/c1-7-10(9(6-11-2)15-14-7)19(16,17)13-5-8-3-4-12-18-8/h3-4,11,13H,5-6H2,1-2H3,(H,14,15). The molecule has 2 aromatic rings. The zero-order valence-electron chi connectivity index (χ0n) is 10.6. The van der Waals surface area contributed by atoms with Gasteiger partial charge in [0.05, 0.1) is 24.1 Å². The quantitative estimate of drug-likeness (QED) is 0.683. The van der Waals surface area contributed by atoms with Gasteiger partial charge in [-0.2, -0.15) is 5.10 Å². The summed E-state index contributed by atoms with van der Waals surface area (Å²) in [5, 5.41) is 13.0. The molecule has 0 unspecified atom stereocenters. The van der Waals surface area contributed by atoms with Crippen LogP contribution in [0.25, 0.3) is 0 Å². The van der Waals surface area contributed by atoms with Gasteiger partial charge in [0.15, 0.2) is 5.76 Å². The van der Waals surface area contributed by atoms with Gasteiger partial charge in [0.2, 0.25) is 10.0 Å². The predicted octanol–water partition coefficient (Wildman–Crippen LogP) is -0.0960. The van der Waals surface area contributed by atoms with E-state index in [1.165, 1.54) is 6.20 Å². The summed E-state index contributed by atoms with van der Waals surface area (Å²) in [6, 6.07) is 1.60. The highest BCUT2D eigenvalue weighted by Crippen LogP contribution is 2.17. The van der Waals surface area contributed by atoms with Gasteiger partial charge in [-0.25, -0.2) is 13.1 Å². The Bertz CT molecular complexity index is 632. The first-order valence-corrected chi connectivity index (χ1v) is 7.10. The number of H-pyrrole nitrogens is 1. The highest BCUT2D eigenvalue weighted by Gasteiger charge is 2.23. The second-order valence-electron chi connectivity index (χ2n) is 3.96. The van der Waals surface area contributed by atoms with E-state index in [4.69, 9.17) is 4.52 Å². The summed E-state index contributed by atoms with van der Waals surface area (Å²) in [6.07, 6.45) is 1.46. The van der Waals surface area contributed by atoms with Crippen molar-refractivity contribution in [1.29, 1.82) is 0 Å². The Hall–Kier alpha value is -1.71. The minimum Gasteiger partial charge on any atom is -0.360 e. The number of hydrogen-bond donors (Lipinski definition) is 3. The van der Waals surface area contributed by atoms with Gasteiger partial charge >= 0.3 is 0 Å². The molecule has 104 valence electrons. The second kappa shape index (κ2) is 5.51. The van der Waals surface area contributed by atoms with Crippen molar-refractivity contribution in [2.45, 2.75) is 24.9 Å². The van der Waals surface area contributed by atoms with E-state index >= 15 is 0 Å². The molecular weight excluding hydrogens is 270 g/mol. The number of aromatic nitrogens is 3. The summed E-state index contributed by atoms with van der Waals surface area (Å²) < 4.78 is 31.8. The molecule has 2 heterocycles. The van der Waals surface area contributed by atoms with Crippen molar-refractivity contribution in [2.75, 3.05) is 7.05 Å². The average Bonchev–Trinajstić information content (AvgIpc) is 2.97. The van der Waals surface area contributed by atoms with E-state index < -0.39 is 10.0 Å². The largest absolute Gasteiger partial charge is 0.360 e. The fraction of sp³-hybridized carbons (Fsp3) is 0.400. The fourth-order valence-corrected chi connectivity index (χ4v) is 3.04. The lowest BCUT2D eigenvalue weighted by molar-refractivity contribution is 0.380. The molecule has 0 aliphatic rings. The third kappa shape index (κ3) is 3.00. The smallest absolute Gasteiger partial charge is 0.244 e. The maximum Gasteiger partial charge on any atom is 0.244 e. The van der Waals surface area contributed by atoms with E-state index in [2.05, 4.69) is 25.4 Å². The summed E-state index contributed by atoms with van der Waals surface area (Å²) in [4.78, 5) is 0.168. The van der Waals surface area contributed by atoms with E-state index in [1.807, 2.05) is 0 Å². The highest BCUT2D eigenvalue weighted by atomic mass is 32.2. The Morgan fingerprint density at radius 2 is 2.21 bits per heavy atom. The molecule has 8 nitrogen and oxygen atoms in total. The lowest BCUT2D eigenvalue weighted by atomic mass is 10.4. The third-order valence-electron chi connectivity index (χ3n) is 2.50. The summed E-state index contributed by atoms with van der Waals surface area (Å²) in [5.74, 6) is 0.444. The zero-order chi connectivity index (χ0) is 13.9. The first-order chi connectivity index (χ1) is 9.04. The monoisotopic (exact) mass is 285 g/mol. The molecule has 0 bridgehead atoms. The number of aryl methyl sites for hydroxylation is 1. The number of sulfonamides is 1. The maximum absolute atomic E-state index is 12.2. The molecule has 0 saturated heterocycles. The topological polar surface area (TPSA) is 113 Å². The average molecular weight is 285 g/mol. The van der Waals surface area contributed by atoms with Crippen LogP contribution in [0.2, 0.25) is 0 Å². The molecule has 19 heavy (non-hydrogen) atoms. The van der Waals surface area contributed by atoms with Crippen molar-refractivity contribution < 1.29 is 12.9 Å². The van der Waals surface area contributed by atoms with Gasteiger partial charge in [-0.05, 0) is 14.0 Å². The van der Waals surface area contributed by atoms with Crippen molar-refractivity contribution >= 4 is 10.0 Å². The van der Waals surface area contributed by atoms with E-state index in [0.29, 0.717) is 23.7 Å². The van der Waals surface area contributed by atoms with Crippen LogP contribution in [0.15, 0.2) is 21.7 Å². The molecule has 0 aromatic carbocycles. The molecule has 0 saturated carbocycles. The molecule has 9 heteroatoms. The van der Waals surface area contributed by atoms with Gasteiger partial charge in [-0.3, -0.25) is 5.10 Å². The van der Waals surface area contributed by atoms with Gasteiger partial charge < -0.3 is 9.84 Å². The lowest BCUT2D eigenvalue weighted by Crippen LogP contribution is -2.25. The van der Waals surface area contributed by atoms with Crippen molar-refractivity contribution in [3.8, 4) is 0 Å². The Morgan fingerprint density at radius 1 is 1.42 bits per heavy atom. The number of rotatable bonds is 6. The Morgan fingerprint density at radius 3 is 2.84 bits per heavy atom. The van der Waals surface area contributed by atoms with Crippen molar-refractivity contribution in [3.63, 3.8) is 0 Å². The molecule has 2 aromatic heterocycles. The van der Waals surface area contributed by atoms with Crippen LogP contribution in [0.3, 0.4) is 0 Å². The predicted molar refractivity (Wildman–Crippen MR) is 66.6 cm³/mol. The molecule has 0 atom stereocenters. The van der Waals surface area contributed by atoms with Gasteiger partial charge in [0.1, 0.15) is 4.90 Å². The zero-order valence-corrected chi connectivity index (χ0v) is 11.4. The van der Waals surface area contributed by atoms with Crippen LogP contribution in [-0.2, 0) is 23.1 Å². The van der Waals surface area contributed by atoms with Crippen LogP contribution in [0.5, 0.6) is 0 Å². The van der Waals surface area contributed by atoms with Crippen molar-refractivity contribution in [3.05, 3.63) is 29.4 Å². The van der Waals surface area contributed by atoms with E-state index in [9.17, 15) is 8.42 Å². The van der Waals surface area contributed by atoms with Gasteiger partial charge in [-0.1, -0.05) is 5.16 Å². The summed E-state index contributed by atoms with van der Waals surface area (Å²) >= 11 is 0. The minimum absolute atomic E-state index is 0.0476. The Balaban J connectivity index is 2.21. The van der Waals surface area contributed by atoms with Crippen LogP contribution in [0.1, 0.15) is 17.1 Å². The number of nitrogens with zero attached hydrogens (tertiary/aromatic N) is 2. The van der Waals surface area contributed by atoms with E-state index in [-0.39, 0.29) is 11.4 Å². The van der Waals surface area contributed by atoms with Crippen LogP contribution < -0.4 is 10.0 Å². The van der Waals surface area contributed by atoms with Crippen LogP contribution in [0, 0.1) is 6.92 Å². The van der Waals surface area contributed by atoms with Crippen LogP contribution in [-0.4, -0.2) is 30.8 Å². The van der Waals surface area contributed by atoms with Crippen LogP contribution >= 0.6 is 0 Å². The van der Waals surface area contributed by atoms with Gasteiger partial charge in [0.25, 0.3) is 0 Å². The third-order valence-corrected chi connectivity index (χ3v) is 4.11. The Kier molecular flexibility index (Phi) is 3.98. The van der Waals surface area contributed by atoms with Crippen LogP contribution in [0.4, 0.5) is 0 Å². The normalized spacial score (nSPS) is 11.9. The molecule has 2 rings (SSSR count). The maximum atomic E-state index is 12.2. The number of hydrogen-bond acceptors (Lipinski definition) is 6. The summed E-state index contributed by atoms with van der Waals surface area (Å²) in [7, 11) is -1.92. The Labute approximate surface area is 110 Å². The van der Waals surface area contributed by atoms with E-state index in [0.717, 1.165) is 0 Å². The SMILES string of the molecule is CNCc1n[nH]c(C)c1S(=O)(=O)NCc1ccno1. The molecule has 0 spiro atoms. The fourth-order valence-electron chi connectivity index (χ4n) is 1.68. The van der Waals surface area contributed by atoms with Crippen molar-refractivity contribution in [2.24, 2.45) is 0 Å². The minimum atomic E-state index is -3.65. The molecule has 0 radical (unpaired) electrons. The summed E-state index contributed by atoms with van der Waals surface area (Å²) in [6.45, 7) is 2.07.